The lowest BCUT2D eigenvalue weighted by Gasteiger charge is -2.28. The van der Waals surface area contributed by atoms with Crippen LogP contribution in [0.15, 0.2) is 29.1 Å². The number of ether oxygens (including phenoxy) is 1. The molecular formula is C14H18ClN3OS. The zero-order valence-corrected chi connectivity index (χ0v) is 13.1. The van der Waals surface area contributed by atoms with Crippen molar-refractivity contribution in [2.75, 3.05) is 20.7 Å². The van der Waals surface area contributed by atoms with Gasteiger partial charge in [-0.1, -0.05) is 17.7 Å². The summed E-state index contributed by atoms with van der Waals surface area (Å²) in [5.41, 5.74) is 9.74. The number of nitrogens with two attached hydrogens (primary N) is 1. The largest absolute Gasteiger partial charge is 0.496 e. The Morgan fingerprint density at radius 3 is 2.90 bits per heavy atom. The number of aromatic nitrogens is 1. The molecule has 20 heavy (non-hydrogen) atoms. The number of nitrogens with zero attached hydrogens (tertiary/aromatic N) is 2. The van der Waals surface area contributed by atoms with Crippen molar-refractivity contribution in [3.05, 3.63) is 45.4 Å². The van der Waals surface area contributed by atoms with Crippen LogP contribution in [0, 0.1) is 0 Å². The van der Waals surface area contributed by atoms with Crippen molar-refractivity contribution >= 4 is 22.9 Å². The molecule has 4 nitrogen and oxygen atoms in total. The van der Waals surface area contributed by atoms with Crippen LogP contribution in [0.25, 0.3) is 0 Å². The third kappa shape index (κ3) is 3.30. The molecule has 108 valence electrons. The Labute approximate surface area is 128 Å². The second-order valence-electron chi connectivity index (χ2n) is 4.50. The van der Waals surface area contributed by atoms with E-state index in [2.05, 4.69) is 9.88 Å². The molecule has 0 saturated carbocycles. The third-order valence-corrected chi connectivity index (χ3v) is 4.18. The Kier molecular flexibility index (Phi) is 5.37. The summed E-state index contributed by atoms with van der Waals surface area (Å²) >= 11 is 7.92. The van der Waals surface area contributed by atoms with E-state index in [0.717, 1.165) is 23.6 Å². The van der Waals surface area contributed by atoms with E-state index in [1.54, 1.807) is 18.4 Å². The molecule has 1 aromatic carbocycles. The van der Waals surface area contributed by atoms with Gasteiger partial charge < -0.3 is 10.5 Å². The van der Waals surface area contributed by atoms with Crippen LogP contribution in [-0.2, 0) is 6.54 Å². The number of rotatable bonds is 6. The summed E-state index contributed by atoms with van der Waals surface area (Å²) in [6.45, 7) is 1.18. The Bertz CT molecular complexity index is 547. The van der Waals surface area contributed by atoms with Crippen molar-refractivity contribution in [1.29, 1.82) is 0 Å². The van der Waals surface area contributed by atoms with E-state index in [4.69, 9.17) is 22.1 Å². The number of thiazole rings is 1. The fourth-order valence-electron chi connectivity index (χ4n) is 2.22. The quantitative estimate of drug-likeness (QED) is 0.891. The van der Waals surface area contributed by atoms with Crippen molar-refractivity contribution in [1.82, 2.24) is 9.88 Å². The van der Waals surface area contributed by atoms with Gasteiger partial charge in [-0.05, 0) is 19.2 Å². The fraction of sp³-hybridized carbons (Fsp3) is 0.357. The van der Waals surface area contributed by atoms with E-state index in [0.29, 0.717) is 11.6 Å². The van der Waals surface area contributed by atoms with E-state index in [9.17, 15) is 0 Å². The lowest BCUT2D eigenvalue weighted by molar-refractivity contribution is 0.234. The second kappa shape index (κ2) is 7.04. The van der Waals surface area contributed by atoms with Gasteiger partial charge in [0.1, 0.15) is 5.75 Å². The molecule has 1 heterocycles. The highest BCUT2D eigenvalue weighted by Crippen LogP contribution is 2.34. The molecule has 1 aromatic heterocycles. The van der Waals surface area contributed by atoms with Gasteiger partial charge in [0.15, 0.2) is 0 Å². The van der Waals surface area contributed by atoms with E-state index >= 15 is 0 Å². The molecule has 0 radical (unpaired) electrons. The summed E-state index contributed by atoms with van der Waals surface area (Å²) in [5.74, 6) is 0.762. The molecule has 0 spiro atoms. The van der Waals surface area contributed by atoms with Crippen molar-refractivity contribution in [2.24, 2.45) is 5.73 Å². The first-order valence-electron chi connectivity index (χ1n) is 6.27. The minimum atomic E-state index is -0.0136. The van der Waals surface area contributed by atoms with Gasteiger partial charge >= 0.3 is 0 Å². The van der Waals surface area contributed by atoms with Crippen molar-refractivity contribution < 1.29 is 4.74 Å². The summed E-state index contributed by atoms with van der Waals surface area (Å²) in [6.07, 6.45) is 0. The zero-order valence-electron chi connectivity index (χ0n) is 11.5. The van der Waals surface area contributed by atoms with Gasteiger partial charge in [-0.3, -0.25) is 4.90 Å². The maximum atomic E-state index is 6.33. The molecule has 0 amide bonds. The van der Waals surface area contributed by atoms with Crippen LogP contribution in [0.1, 0.15) is 17.3 Å². The topological polar surface area (TPSA) is 51.4 Å². The lowest BCUT2D eigenvalue weighted by atomic mass is 10.0. The van der Waals surface area contributed by atoms with Crippen LogP contribution in [0.2, 0.25) is 5.02 Å². The Balaban J connectivity index is 2.27. The van der Waals surface area contributed by atoms with E-state index in [1.807, 2.05) is 36.1 Å². The molecule has 0 aliphatic heterocycles. The molecular weight excluding hydrogens is 294 g/mol. The molecule has 0 aliphatic carbocycles. The fourth-order valence-corrected chi connectivity index (χ4v) is 3.06. The monoisotopic (exact) mass is 311 g/mol. The molecule has 2 aromatic rings. The molecule has 0 saturated heterocycles. The number of benzene rings is 1. The van der Waals surface area contributed by atoms with Crippen LogP contribution in [0.3, 0.4) is 0 Å². The standard InChI is InChI=1S/C14H18ClN3OS/c1-18(7-10-8-20-9-17-10)12(6-16)14-11(15)4-3-5-13(14)19-2/h3-5,8-9,12H,6-7,16H2,1-2H3. The molecule has 1 unspecified atom stereocenters. The zero-order chi connectivity index (χ0) is 14.5. The van der Waals surface area contributed by atoms with Gasteiger partial charge in [-0.15, -0.1) is 11.3 Å². The Morgan fingerprint density at radius 1 is 1.50 bits per heavy atom. The average molecular weight is 312 g/mol. The van der Waals surface area contributed by atoms with Crippen LogP contribution >= 0.6 is 22.9 Å². The first kappa shape index (κ1) is 15.3. The first-order chi connectivity index (χ1) is 9.67. The number of likely N-dealkylation sites (N-methyl/N-ethyl adjacent to an activating group) is 1. The van der Waals surface area contributed by atoms with Gasteiger partial charge in [-0.25, -0.2) is 4.98 Å². The molecule has 2 N–H and O–H groups in total. The number of methoxy groups -OCH3 is 1. The maximum Gasteiger partial charge on any atom is 0.125 e. The summed E-state index contributed by atoms with van der Waals surface area (Å²) in [6, 6.07) is 5.62. The van der Waals surface area contributed by atoms with Gasteiger partial charge in [0.05, 0.1) is 24.4 Å². The van der Waals surface area contributed by atoms with Gasteiger partial charge in [0.2, 0.25) is 0 Å². The normalized spacial score (nSPS) is 12.7. The third-order valence-electron chi connectivity index (χ3n) is 3.22. The van der Waals surface area contributed by atoms with Crippen LogP contribution < -0.4 is 10.5 Å². The SMILES string of the molecule is COc1cccc(Cl)c1C(CN)N(C)Cc1cscn1. The van der Waals surface area contributed by atoms with E-state index in [1.165, 1.54) is 0 Å². The van der Waals surface area contributed by atoms with Gasteiger partial charge in [0, 0.05) is 29.1 Å². The Morgan fingerprint density at radius 2 is 2.30 bits per heavy atom. The minimum absolute atomic E-state index is 0.0136. The van der Waals surface area contributed by atoms with Crippen LogP contribution in [0.4, 0.5) is 0 Å². The first-order valence-corrected chi connectivity index (χ1v) is 7.59. The number of hydrogen-bond acceptors (Lipinski definition) is 5. The average Bonchev–Trinajstić information content (AvgIpc) is 2.94. The van der Waals surface area contributed by atoms with Gasteiger partial charge in [-0.2, -0.15) is 0 Å². The number of hydrogen-bond donors (Lipinski definition) is 1. The Hall–Kier alpha value is -1.14. The van der Waals surface area contributed by atoms with Crippen LogP contribution in [0.5, 0.6) is 5.75 Å². The summed E-state index contributed by atoms with van der Waals surface area (Å²) in [4.78, 5) is 6.44. The lowest BCUT2D eigenvalue weighted by Crippen LogP contribution is -2.30. The molecule has 1 atom stereocenters. The van der Waals surface area contributed by atoms with Gasteiger partial charge in [0.25, 0.3) is 0 Å². The molecule has 6 heteroatoms. The maximum absolute atomic E-state index is 6.33. The number of halogens is 1. The van der Waals surface area contributed by atoms with Crippen molar-refractivity contribution in [3.63, 3.8) is 0 Å². The van der Waals surface area contributed by atoms with E-state index in [-0.39, 0.29) is 6.04 Å². The second-order valence-corrected chi connectivity index (χ2v) is 5.63. The molecule has 2 rings (SSSR count). The summed E-state index contributed by atoms with van der Waals surface area (Å²) in [7, 11) is 3.66. The highest BCUT2D eigenvalue weighted by molar-refractivity contribution is 7.07. The predicted octanol–water partition coefficient (Wildman–Crippen LogP) is 2.94. The smallest absolute Gasteiger partial charge is 0.125 e. The minimum Gasteiger partial charge on any atom is -0.496 e. The summed E-state index contributed by atoms with van der Waals surface area (Å²) < 4.78 is 5.41. The predicted molar refractivity (Wildman–Crippen MR) is 83.4 cm³/mol. The van der Waals surface area contributed by atoms with Crippen molar-refractivity contribution in [2.45, 2.75) is 12.6 Å². The van der Waals surface area contributed by atoms with E-state index < -0.39 is 0 Å². The molecule has 0 aliphatic rings. The molecule has 0 fully saturated rings. The van der Waals surface area contributed by atoms with Crippen molar-refractivity contribution in [3.8, 4) is 5.75 Å². The highest BCUT2D eigenvalue weighted by atomic mass is 35.5. The molecule has 0 bridgehead atoms. The van der Waals surface area contributed by atoms with Crippen LogP contribution in [-0.4, -0.2) is 30.6 Å². The summed E-state index contributed by atoms with van der Waals surface area (Å²) in [5, 5.41) is 2.71. The highest BCUT2D eigenvalue weighted by Gasteiger charge is 2.22.